The van der Waals surface area contributed by atoms with Gasteiger partial charge >= 0.3 is 0 Å². The topological polar surface area (TPSA) is 35.5 Å². The van der Waals surface area contributed by atoms with Gasteiger partial charge in [-0.05, 0) is 34.5 Å². The number of halogens is 1. The Bertz CT molecular complexity index is 485. The molecule has 0 saturated carbocycles. The zero-order valence-electron chi connectivity index (χ0n) is 12.6. The van der Waals surface area contributed by atoms with Gasteiger partial charge in [0.2, 0.25) is 0 Å². The van der Waals surface area contributed by atoms with Crippen molar-refractivity contribution < 1.29 is 14.3 Å². The molecule has 1 aliphatic rings. The van der Waals surface area contributed by atoms with Crippen molar-refractivity contribution in [1.82, 2.24) is 0 Å². The molecule has 1 aromatic carbocycles. The van der Waals surface area contributed by atoms with Crippen LogP contribution in [-0.4, -0.2) is 19.0 Å². The number of Topliss-reactive ketones (excluding diaryl/α,β-unsaturated/α-hetero) is 1. The van der Waals surface area contributed by atoms with Crippen LogP contribution in [0.5, 0.6) is 11.5 Å². The van der Waals surface area contributed by atoms with Crippen LogP contribution in [0, 0.1) is 0 Å². The maximum atomic E-state index is 12.3. The van der Waals surface area contributed by atoms with Gasteiger partial charge < -0.3 is 9.47 Å². The van der Waals surface area contributed by atoms with Crippen LogP contribution < -0.4 is 9.47 Å². The Kier molecular flexibility index (Phi) is 6.55. The lowest BCUT2D eigenvalue weighted by atomic mass is 10.0. The van der Waals surface area contributed by atoms with Gasteiger partial charge in [-0.2, -0.15) is 0 Å². The van der Waals surface area contributed by atoms with E-state index in [1.807, 2.05) is 6.07 Å². The van der Waals surface area contributed by atoms with E-state index in [1.54, 1.807) is 6.07 Å². The molecule has 0 aromatic heterocycles. The number of ether oxygens (including phenoxy) is 2. The molecular formula is C17H23BrO3. The molecule has 1 aromatic rings. The van der Waals surface area contributed by atoms with Crippen LogP contribution in [0.15, 0.2) is 16.6 Å². The lowest BCUT2D eigenvalue weighted by Crippen LogP contribution is -2.16. The molecule has 0 aliphatic carbocycles. The third-order valence-corrected chi connectivity index (χ3v) is 4.35. The summed E-state index contributed by atoms with van der Waals surface area (Å²) >= 11 is 3.46. The molecular weight excluding hydrogens is 332 g/mol. The standard InChI is InChI=1S/C17H23BrO3/c1-2-3-4-5-6-7-8-15(19)13-11-16-17(12-14(13)18)21-10-9-20-16/h11-12H,2-10H2,1H3. The third kappa shape index (κ3) is 4.73. The lowest BCUT2D eigenvalue weighted by Gasteiger charge is -2.19. The molecule has 1 aliphatic heterocycles. The summed E-state index contributed by atoms with van der Waals surface area (Å²) < 4.78 is 11.8. The van der Waals surface area contributed by atoms with Crippen LogP contribution >= 0.6 is 15.9 Å². The highest BCUT2D eigenvalue weighted by atomic mass is 79.9. The van der Waals surface area contributed by atoms with E-state index in [0.29, 0.717) is 36.7 Å². The molecule has 0 atom stereocenters. The molecule has 0 bridgehead atoms. The molecule has 0 unspecified atom stereocenters. The quantitative estimate of drug-likeness (QED) is 0.478. The summed E-state index contributed by atoms with van der Waals surface area (Å²) in [6.07, 6.45) is 7.74. The van der Waals surface area contributed by atoms with E-state index in [4.69, 9.17) is 9.47 Å². The van der Waals surface area contributed by atoms with Gasteiger partial charge in [0.15, 0.2) is 17.3 Å². The van der Waals surface area contributed by atoms with Crippen molar-refractivity contribution in [2.45, 2.75) is 51.9 Å². The van der Waals surface area contributed by atoms with Crippen molar-refractivity contribution in [3.8, 4) is 11.5 Å². The molecule has 0 amide bonds. The van der Waals surface area contributed by atoms with Gasteiger partial charge in [0.25, 0.3) is 0 Å². The van der Waals surface area contributed by atoms with E-state index >= 15 is 0 Å². The maximum absolute atomic E-state index is 12.3. The normalized spacial score (nSPS) is 13.2. The molecule has 0 fully saturated rings. The fraction of sp³-hybridized carbons (Fsp3) is 0.588. The highest BCUT2D eigenvalue weighted by molar-refractivity contribution is 9.10. The first-order valence-corrected chi connectivity index (χ1v) is 8.64. The molecule has 0 radical (unpaired) electrons. The van der Waals surface area contributed by atoms with Gasteiger partial charge in [-0.15, -0.1) is 0 Å². The van der Waals surface area contributed by atoms with E-state index < -0.39 is 0 Å². The first-order chi connectivity index (χ1) is 10.2. The van der Waals surface area contributed by atoms with Crippen LogP contribution in [-0.2, 0) is 0 Å². The van der Waals surface area contributed by atoms with Gasteiger partial charge in [0, 0.05) is 16.5 Å². The molecule has 4 heteroatoms. The minimum absolute atomic E-state index is 0.175. The number of hydrogen-bond donors (Lipinski definition) is 0. The fourth-order valence-corrected chi connectivity index (χ4v) is 3.02. The Morgan fingerprint density at radius 1 is 1.05 bits per heavy atom. The Morgan fingerprint density at radius 2 is 1.67 bits per heavy atom. The molecule has 0 spiro atoms. The van der Waals surface area contributed by atoms with E-state index in [-0.39, 0.29) is 5.78 Å². The van der Waals surface area contributed by atoms with E-state index in [1.165, 1.54) is 25.7 Å². The number of rotatable bonds is 8. The molecule has 0 saturated heterocycles. The van der Waals surface area contributed by atoms with Crippen LogP contribution in [0.1, 0.15) is 62.2 Å². The minimum atomic E-state index is 0.175. The highest BCUT2D eigenvalue weighted by Crippen LogP contribution is 2.36. The van der Waals surface area contributed by atoms with E-state index in [0.717, 1.165) is 17.3 Å². The summed E-state index contributed by atoms with van der Waals surface area (Å²) in [6.45, 7) is 3.31. The van der Waals surface area contributed by atoms with Crippen LogP contribution in [0.25, 0.3) is 0 Å². The van der Waals surface area contributed by atoms with Gasteiger partial charge in [-0.25, -0.2) is 0 Å². The highest BCUT2D eigenvalue weighted by Gasteiger charge is 2.18. The molecule has 2 rings (SSSR count). The molecule has 0 N–H and O–H groups in total. The second kappa shape index (κ2) is 8.42. The minimum Gasteiger partial charge on any atom is -0.486 e. The first kappa shape index (κ1) is 16.3. The Labute approximate surface area is 135 Å². The smallest absolute Gasteiger partial charge is 0.164 e. The SMILES string of the molecule is CCCCCCCCC(=O)c1cc2c(cc1Br)OCCO2. The average molecular weight is 355 g/mol. The Morgan fingerprint density at radius 3 is 2.38 bits per heavy atom. The molecule has 21 heavy (non-hydrogen) atoms. The van der Waals surface area contributed by atoms with Crippen molar-refractivity contribution in [2.24, 2.45) is 0 Å². The summed E-state index contributed by atoms with van der Waals surface area (Å²) in [4.78, 5) is 12.3. The largest absolute Gasteiger partial charge is 0.486 e. The fourth-order valence-electron chi connectivity index (χ4n) is 2.48. The van der Waals surface area contributed by atoms with Crippen molar-refractivity contribution in [3.63, 3.8) is 0 Å². The predicted molar refractivity (Wildman–Crippen MR) is 87.5 cm³/mol. The molecule has 3 nitrogen and oxygen atoms in total. The van der Waals surface area contributed by atoms with Crippen molar-refractivity contribution >= 4 is 21.7 Å². The van der Waals surface area contributed by atoms with Gasteiger partial charge in [0.1, 0.15) is 13.2 Å². The maximum Gasteiger partial charge on any atom is 0.164 e. The molecule has 1 heterocycles. The Balaban J connectivity index is 1.87. The lowest BCUT2D eigenvalue weighted by molar-refractivity contribution is 0.0977. The van der Waals surface area contributed by atoms with Crippen molar-refractivity contribution in [2.75, 3.05) is 13.2 Å². The van der Waals surface area contributed by atoms with Gasteiger partial charge in [-0.1, -0.05) is 39.0 Å². The number of carbonyl (C=O) groups excluding carboxylic acids is 1. The Hall–Kier alpha value is -1.03. The molecule has 116 valence electrons. The van der Waals surface area contributed by atoms with Gasteiger partial charge in [-0.3, -0.25) is 4.79 Å². The number of carbonyl (C=O) groups is 1. The number of hydrogen-bond acceptors (Lipinski definition) is 3. The van der Waals surface area contributed by atoms with Crippen LogP contribution in [0.2, 0.25) is 0 Å². The zero-order valence-corrected chi connectivity index (χ0v) is 14.2. The zero-order chi connectivity index (χ0) is 15.1. The third-order valence-electron chi connectivity index (χ3n) is 3.69. The summed E-state index contributed by atoms with van der Waals surface area (Å²) in [5.41, 5.74) is 0.702. The number of ketones is 1. The summed E-state index contributed by atoms with van der Waals surface area (Å²) in [5, 5.41) is 0. The van der Waals surface area contributed by atoms with Crippen LogP contribution in [0.3, 0.4) is 0 Å². The predicted octanol–water partition coefficient (Wildman–Crippen LogP) is 5.15. The van der Waals surface area contributed by atoms with E-state index in [2.05, 4.69) is 22.9 Å². The monoisotopic (exact) mass is 354 g/mol. The van der Waals surface area contributed by atoms with Crippen molar-refractivity contribution in [3.05, 3.63) is 22.2 Å². The average Bonchev–Trinajstić information content (AvgIpc) is 2.49. The van der Waals surface area contributed by atoms with Crippen LogP contribution in [0.4, 0.5) is 0 Å². The van der Waals surface area contributed by atoms with Crippen molar-refractivity contribution in [1.29, 1.82) is 0 Å². The second-order valence-electron chi connectivity index (χ2n) is 5.42. The van der Waals surface area contributed by atoms with Gasteiger partial charge in [0.05, 0.1) is 0 Å². The summed E-state index contributed by atoms with van der Waals surface area (Å²) in [6, 6.07) is 3.64. The number of fused-ring (bicyclic) bond motifs is 1. The summed E-state index contributed by atoms with van der Waals surface area (Å²) in [7, 11) is 0. The second-order valence-corrected chi connectivity index (χ2v) is 6.27. The van der Waals surface area contributed by atoms with E-state index in [9.17, 15) is 4.79 Å². The number of benzene rings is 1. The summed E-state index contributed by atoms with van der Waals surface area (Å²) in [5.74, 6) is 1.56. The first-order valence-electron chi connectivity index (χ1n) is 7.84. The number of unbranched alkanes of at least 4 members (excludes halogenated alkanes) is 5.